The lowest BCUT2D eigenvalue weighted by molar-refractivity contribution is -0.135. The van der Waals surface area contributed by atoms with E-state index in [1.165, 1.54) is 24.2 Å². The lowest BCUT2D eigenvalue weighted by atomic mass is 9.79. The molecule has 3 N–H and O–H groups in total. The molecular weight excluding hydrogens is 404 g/mol. The summed E-state index contributed by atoms with van der Waals surface area (Å²) in [5, 5.41) is 14.2. The van der Waals surface area contributed by atoms with Gasteiger partial charge in [-0.2, -0.15) is 0 Å². The Hall–Kier alpha value is -2.93. The topological polar surface area (TPSA) is 94.5 Å². The number of nitrogens with one attached hydrogen (secondary N) is 3. The molecule has 1 aliphatic heterocycles. The van der Waals surface area contributed by atoms with Gasteiger partial charge in [0.15, 0.2) is 5.96 Å². The van der Waals surface area contributed by atoms with Gasteiger partial charge in [-0.25, -0.2) is 0 Å². The van der Waals surface area contributed by atoms with E-state index in [2.05, 4.69) is 10.6 Å². The highest BCUT2D eigenvalue weighted by Gasteiger charge is 2.50. The average Bonchev–Trinajstić information content (AvgIpc) is 3.03. The molecule has 1 heterocycles. The summed E-state index contributed by atoms with van der Waals surface area (Å²) in [6, 6.07) is 9.34. The summed E-state index contributed by atoms with van der Waals surface area (Å²) in [5.74, 6) is -0.248. The zero-order valence-corrected chi connectivity index (χ0v) is 18.5. The van der Waals surface area contributed by atoms with Gasteiger partial charge < -0.3 is 15.4 Å². The molecule has 7 nitrogen and oxygen atoms in total. The van der Waals surface area contributed by atoms with Crippen LogP contribution in [0.5, 0.6) is 0 Å². The Balaban J connectivity index is 1.46. The molecule has 1 aromatic rings. The Kier molecular flexibility index (Phi) is 6.74. The summed E-state index contributed by atoms with van der Waals surface area (Å²) < 4.78 is 6.24. The van der Waals surface area contributed by atoms with E-state index in [-0.39, 0.29) is 24.4 Å². The molecule has 32 heavy (non-hydrogen) atoms. The number of benzene rings is 1. The molecule has 0 bridgehead atoms. The van der Waals surface area contributed by atoms with Crippen molar-refractivity contribution in [2.45, 2.75) is 50.2 Å². The maximum atomic E-state index is 13.2. The Labute approximate surface area is 189 Å². The first-order chi connectivity index (χ1) is 15.5. The Morgan fingerprint density at radius 2 is 1.91 bits per heavy atom. The third-order valence-electron chi connectivity index (χ3n) is 6.72. The monoisotopic (exact) mass is 436 g/mol. The summed E-state index contributed by atoms with van der Waals surface area (Å²) in [6.07, 6.45) is 13.4. The van der Waals surface area contributed by atoms with E-state index in [1.807, 2.05) is 54.6 Å². The van der Waals surface area contributed by atoms with E-state index >= 15 is 0 Å². The van der Waals surface area contributed by atoms with Gasteiger partial charge in [0.05, 0.1) is 18.6 Å². The van der Waals surface area contributed by atoms with Gasteiger partial charge in [-0.3, -0.25) is 19.9 Å². The third kappa shape index (κ3) is 4.78. The zero-order valence-electron chi connectivity index (χ0n) is 18.5. The molecular formula is C25H32N4O3. The Morgan fingerprint density at radius 3 is 2.59 bits per heavy atom. The van der Waals surface area contributed by atoms with Crippen molar-refractivity contribution in [1.82, 2.24) is 10.2 Å². The van der Waals surface area contributed by atoms with Crippen LogP contribution in [-0.2, 0) is 14.3 Å². The predicted octanol–water partition coefficient (Wildman–Crippen LogP) is 3.46. The second kappa shape index (κ2) is 9.69. The number of carbonyl (C=O) groups excluding carboxylic acids is 2. The van der Waals surface area contributed by atoms with Crippen molar-refractivity contribution in [3.05, 3.63) is 54.6 Å². The number of amides is 2. The van der Waals surface area contributed by atoms with Gasteiger partial charge >= 0.3 is 0 Å². The predicted molar refractivity (Wildman–Crippen MR) is 124 cm³/mol. The van der Waals surface area contributed by atoms with Crippen LogP contribution in [0, 0.1) is 17.2 Å². The van der Waals surface area contributed by atoms with E-state index in [4.69, 9.17) is 10.1 Å². The molecule has 1 saturated heterocycles. The zero-order chi connectivity index (χ0) is 22.6. The fourth-order valence-electron chi connectivity index (χ4n) is 4.93. The lowest BCUT2D eigenvalue weighted by Gasteiger charge is -2.34. The lowest BCUT2D eigenvalue weighted by Crippen LogP contribution is -2.53. The van der Waals surface area contributed by atoms with Crippen molar-refractivity contribution in [2.75, 3.05) is 19.0 Å². The van der Waals surface area contributed by atoms with Gasteiger partial charge in [-0.1, -0.05) is 74.6 Å². The van der Waals surface area contributed by atoms with E-state index in [0.29, 0.717) is 12.3 Å². The van der Waals surface area contributed by atoms with Gasteiger partial charge in [-0.05, 0) is 24.5 Å². The number of nitrogens with zero attached hydrogens (tertiary/aromatic N) is 1. The first kappa shape index (κ1) is 22.3. The summed E-state index contributed by atoms with van der Waals surface area (Å²) in [4.78, 5) is 27.5. The van der Waals surface area contributed by atoms with E-state index in [0.717, 1.165) is 18.5 Å². The Bertz CT molecular complexity index is 907. The van der Waals surface area contributed by atoms with Crippen molar-refractivity contribution in [2.24, 2.45) is 11.8 Å². The number of para-hydroxylation sites is 1. The maximum absolute atomic E-state index is 13.2. The van der Waals surface area contributed by atoms with Crippen LogP contribution in [0.25, 0.3) is 0 Å². The van der Waals surface area contributed by atoms with Crippen LogP contribution in [-0.4, -0.2) is 48.0 Å². The first-order valence-corrected chi connectivity index (χ1v) is 11.5. The molecule has 1 saturated carbocycles. The number of rotatable bonds is 7. The second-order valence-electron chi connectivity index (χ2n) is 9.05. The smallest absolute Gasteiger partial charge is 0.257 e. The highest BCUT2D eigenvalue weighted by atomic mass is 16.5. The molecule has 170 valence electrons. The van der Waals surface area contributed by atoms with Crippen LogP contribution >= 0.6 is 0 Å². The van der Waals surface area contributed by atoms with Gasteiger partial charge in [-0.15, -0.1) is 0 Å². The highest BCUT2D eigenvalue weighted by Crippen LogP contribution is 2.34. The molecule has 0 radical (unpaired) electrons. The van der Waals surface area contributed by atoms with Gasteiger partial charge in [0.2, 0.25) is 5.91 Å². The largest absolute Gasteiger partial charge is 0.370 e. The molecule has 3 unspecified atom stereocenters. The van der Waals surface area contributed by atoms with Crippen molar-refractivity contribution in [3.8, 4) is 0 Å². The van der Waals surface area contributed by atoms with Gasteiger partial charge in [0.1, 0.15) is 5.54 Å². The normalized spacial score (nSPS) is 28.1. The summed E-state index contributed by atoms with van der Waals surface area (Å²) in [5.41, 5.74) is -0.223. The van der Waals surface area contributed by atoms with E-state index < -0.39 is 17.6 Å². The number of ether oxygens (including phenoxy) is 1. The highest BCUT2D eigenvalue weighted by molar-refractivity contribution is 6.07. The first-order valence-electron chi connectivity index (χ1n) is 11.5. The number of guanidine groups is 1. The number of allylic oxidation sites excluding steroid dienone is 2. The SMILES string of the molecule is CN1C(=N)NC(COC2C=CC=CC2C(=O)Nc2ccccc2)(CC2CCCCC2)C1=O. The number of likely N-dealkylation sites (N-methyl/N-ethyl adjacent to an activating group) is 1. The van der Waals surface area contributed by atoms with E-state index in [1.54, 1.807) is 7.05 Å². The molecule has 3 aliphatic rings. The molecule has 0 aromatic heterocycles. The second-order valence-corrected chi connectivity index (χ2v) is 9.05. The fraction of sp³-hybridized carbons (Fsp3) is 0.480. The van der Waals surface area contributed by atoms with Crippen molar-refractivity contribution >= 4 is 23.5 Å². The molecule has 3 atom stereocenters. The van der Waals surface area contributed by atoms with Gasteiger partial charge in [0, 0.05) is 12.7 Å². The van der Waals surface area contributed by atoms with Gasteiger partial charge in [0.25, 0.3) is 5.91 Å². The van der Waals surface area contributed by atoms with E-state index in [9.17, 15) is 9.59 Å². The van der Waals surface area contributed by atoms with Crippen LogP contribution < -0.4 is 10.6 Å². The Morgan fingerprint density at radius 1 is 1.19 bits per heavy atom. The van der Waals surface area contributed by atoms with Crippen molar-refractivity contribution in [3.63, 3.8) is 0 Å². The molecule has 4 rings (SSSR count). The summed E-state index contributed by atoms with van der Waals surface area (Å²) >= 11 is 0. The molecule has 2 amide bonds. The van der Waals surface area contributed by atoms with Crippen LogP contribution in [0.2, 0.25) is 0 Å². The van der Waals surface area contributed by atoms with Crippen LogP contribution in [0.1, 0.15) is 38.5 Å². The standard InChI is InChI=1S/C25H32N4O3/c1-29-23(31)25(28-24(29)26,16-18-10-4-2-5-11-18)17-32-21-15-9-8-14-20(21)22(30)27-19-12-6-3-7-13-19/h3,6-9,12-15,18,20-21H,2,4-5,10-11,16-17H2,1H3,(H2,26,28)(H,27,30). The van der Waals surface area contributed by atoms with Crippen molar-refractivity contribution in [1.29, 1.82) is 5.41 Å². The minimum absolute atomic E-state index is 0.104. The minimum atomic E-state index is -0.955. The minimum Gasteiger partial charge on any atom is -0.370 e. The fourth-order valence-corrected chi connectivity index (χ4v) is 4.93. The summed E-state index contributed by atoms with van der Waals surface area (Å²) in [7, 11) is 1.62. The molecule has 2 fully saturated rings. The number of anilines is 1. The third-order valence-corrected chi connectivity index (χ3v) is 6.72. The molecule has 7 heteroatoms. The average molecular weight is 437 g/mol. The number of hydrogen-bond acceptors (Lipinski definition) is 4. The maximum Gasteiger partial charge on any atom is 0.257 e. The molecule has 2 aliphatic carbocycles. The molecule has 1 aromatic carbocycles. The molecule has 0 spiro atoms. The van der Waals surface area contributed by atoms with Crippen LogP contribution in [0.3, 0.4) is 0 Å². The number of carbonyl (C=O) groups is 2. The van der Waals surface area contributed by atoms with Crippen molar-refractivity contribution < 1.29 is 14.3 Å². The van der Waals surface area contributed by atoms with Crippen LogP contribution in [0.15, 0.2) is 54.6 Å². The number of hydrogen-bond donors (Lipinski definition) is 3. The summed E-state index contributed by atoms with van der Waals surface area (Å²) in [6.45, 7) is 0.118. The van der Waals surface area contributed by atoms with Crippen LogP contribution in [0.4, 0.5) is 5.69 Å². The quantitative estimate of drug-likeness (QED) is 0.610.